The minimum atomic E-state index is -0.383. The normalized spacial score (nSPS) is 21.8. The van der Waals surface area contributed by atoms with Gasteiger partial charge in [-0.3, -0.25) is 4.79 Å². The van der Waals surface area contributed by atoms with Gasteiger partial charge >= 0.3 is 5.97 Å². The fourth-order valence-electron chi connectivity index (χ4n) is 3.59. The van der Waals surface area contributed by atoms with Crippen LogP contribution in [0.4, 0.5) is 0 Å². The van der Waals surface area contributed by atoms with Crippen LogP contribution in [0.15, 0.2) is 42.6 Å². The maximum atomic E-state index is 11.4. The number of carbonyl (C=O) groups is 1. The lowest BCUT2D eigenvalue weighted by molar-refractivity contribution is -0.131. The number of hydrogen-bond donors (Lipinski definition) is 0. The molecule has 1 saturated carbocycles. The first-order valence-electron chi connectivity index (χ1n) is 8.84. The number of ether oxygens (including phenoxy) is 2. The number of hydrogen-bond acceptors (Lipinski definition) is 5. The minimum Gasteiger partial charge on any atom is -0.424 e. The summed E-state index contributed by atoms with van der Waals surface area (Å²) in [6, 6.07) is 12.0. The molecule has 0 atom stereocenters. The Bertz CT molecular complexity index is 981. The van der Waals surface area contributed by atoms with Crippen LogP contribution in [-0.2, 0) is 16.1 Å². The summed E-state index contributed by atoms with van der Waals surface area (Å²) in [5.74, 6) is 0.0692. The molecule has 0 unspecified atom stereocenters. The monoisotopic (exact) mass is 385 g/mol. The standard InChI is InChI=1S/C20H20ClN3O3/c1-13(25)27-17-11-24(19-16(17)8-18(21)22-23-19)15-9-20(2,10-15)26-12-14-6-4-3-5-7-14/h3-8,11,15H,9-10,12H2,1-2H3. The molecule has 2 heterocycles. The van der Waals surface area contributed by atoms with Crippen molar-refractivity contribution in [3.8, 4) is 5.75 Å². The zero-order valence-electron chi connectivity index (χ0n) is 15.2. The highest BCUT2D eigenvalue weighted by Crippen LogP contribution is 2.46. The molecule has 0 saturated heterocycles. The quantitative estimate of drug-likeness (QED) is 0.612. The molecule has 0 spiro atoms. The number of aromatic nitrogens is 3. The first-order valence-corrected chi connectivity index (χ1v) is 9.21. The van der Waals surface area contributed by atoms with Crippen LogP contribution in [-0.4, -0.2) is 26.3 Å². The Balaban J connectivity index is 1.51. The van der Waals surface area contributed by atoms with E-state index in [2.05, 4.69) is 29.3 Å². The van der Waals surface area contributed by atoms with Gasteiger partial charge in [0.25, 0.3) is 0 Å². The Hall–Kier alpha value is -2.44. The van der Waals surface area contributed by atoms with Gasteiger partial charge in [-0.05, 0) is 31.4 Å². The van der Waals surface area contributed by atoms with Crippen LogP contribution >= 0.6 is 11.6 Å². The van der Waals surface area contributed by atoms with Crippen molar-refractivity contribution in [1.29, 1.82) is 0 Å². The first kappa shape index (κ1) is 17.9. The Labute approximate surface area is 162 Å². The summed E-state index contributed by atoms with van der Waals surface area (Å²) in [5, 5.41) is 9.08. The predicted molar refractivity (Wildman–Crippen MR) is 102 cm³/mol. The molecule has 1 aliphatic carbocycles. The van der Waals surface area contributed by atoms with Gasteiger partial charge < -0.3 is 14.0 Å². The third kappa shape index (κ3) is 3.68. The van der Waals surface area contributed by atoms with E-state index in [1.807, 2.05) is 22.8 Å². The van der Waals surface area contributed by atoms with Gasteiger partial charge in [0.15, 0.2) is 16.5 Å². The number of carbonyl (C=O) groups excluding carboxylic acids is 1. The maximum Gasteiger partial charge on any atom is 0.308 e. The SMILES string of the molecule is CC(=O)Oc1cn(C2CC(C)(OCc3ccccc3)C2)c2nnc(Cl)cc12. The van der Waals surface area contributed by atoms with E-state index in [0.29, 0.717) is 23.4 Å². The molecule has 4 rings (SSSR count). The van der Waals surface area contributed by atoms with Gasteiger partial charge in [-0.1, -0.05) is 41.9 Å². The third-order valence-corrected chi connectivity index (χ3v) is 5.11. The second-order valence-corrected chi connectivity index (χ2v) is 7.57. The zero-order valence-corrected chi connectivity index (χ0v) is 15.9. The van der Waals surface area contributed by atoms with Crippen molar-refractivity contribution in [2.75, 3.05) is 0 Å². The van der Waals surface area contributed by atoms with Crippen LogP contribution in [0.2, 0.25) is 5.15 Å². The van der Waals surface area contributed by atoms with Gasteiger partial charge in [0.2, 0.25) is 0 Å². The maximum absolute atomic E-state index is 11.4. The average molecular weight is 386 g/mol. The lowest BCUT2D eigenvalue weighted by Gasteiger charge is -2.45. The number of benzene rings is 1. The van der Waals surface area contributed by atoms with Gasteiger partial charge in [-0.15, -0.1) is 10.2 Å². The number of nitrogens with zero attached hydrogens (tertiary/aromatic N) is 3. The molecule has 6 nitrogen and oxygen atoms in total. The van der Waals surface area contributed by atoms with Crippen LogP contribution in [0, 0.1) is 0 Å². The average Bonchev–Trinajstić information content (AvgIpc) is 2.95. The molecular formula is C20H20ClN3O3. The molecule has 27 heavy (non-hydrogen) atoms. The van der Waals surface area contributed by atoms with Crippen molar-refractivity contribution in [2.45, 2.75) is 44.9 Å². The minimum absolute atomic E-state index is 0.196. The summed E-state index contributed by atoms with van der Waals surface area (Å²) < 4.78 is 13.5. The number of rotatable bonds is 5. The predicted octanol–water partition coefficient (Wildman–Crippen LogP) is 4.32. The second-order valence-electron chi connectivity index (χ2n) is 7.18. The van der Waals surface area contributed by atoms with Crippen molar-refractivity contribution >= 4 is 28.6 Å². The lowest BCUT2D eigenvalue weighted by Crippen LogP contribution is -2.44. The molecule has 2 aromatic heterocycles. The van der Waals surface area contributed by atoms with E-state index in [4.69, 9.17) is 21.1 Å². The van der Waals surface area contributed by atoms with Gasteiger partial charge in [-0.2, -0.15) is 0 Å². The molecule has 1 fully saturated rings. The highest BCUT2D eigenvalue weighted by Gasteiger charge is 2.43. The molecule has 0 aliphatic heterocycles. The van der Waals surface area contributed by atoms with Crippen LogP contribution in [0.5, 0.6) is 5.75 Å². The van der Waals surface area contributed by atoms with Gasteiger partial charge in [0.05, 0.1) is 17.6 Å². The van der Waals surface area contributed by atoms with Gasteiger partial charge in [0.1, 0.15) is 0 Å². The third-order valence-electron chi connectivity index (χ3n) is 4.92. The van der Waals surface area contributed by atoms with Crippen LogP contribution in [0.3, 0.4) is 0 Å². The van der Waals surface area contributed by atoms with Crippen LogP contribution in [0.1, 0.15) is 38.3 Å². The first-order chi connectivity index (χ1) is 12.9. The Kier molecular flexibility index (Phi) is 4.61. The van der Waals surface area contributed by atoms with Gasteiger partial charge in [0, 0.05) is 19.2 Å². The molecule has 0 bridgehead atoms. The molecule has 0 radical (unpaired) electrons. The number of fused-ring (bicyclic) bond motifs is 1. The summed E-state index contributed by atoms with van der Waals surface area (Å²) in [4.78, 5) is 11.4. The van der Waals surface area contributed by atoms with Gasteiger partial charge in [-0.25, -0.2) is 0 Å². The zero-order chi connectivity index (χ0) is 19.0. The lowest BCUT2D eigenvalue weighted by atomic mass is 9.76. The van der Waals surface area contributed by atoms with E-state index in [0.717, 1.165) is 18.4 Å². The summed E-state index contributed by atoms with van der Waals surface area (Å²) in [6.07, 6.45) is 3.49. The Morgan fingerprint density at radius 1 is 1.30 bits per heavy atom. The van der Waals surface area contributed by atoms with E-state index in [9.17, 15) is 4.79 Å². The molecule has 1 aliphatic rings. The molecule has 7 heteroatoms. The van der Waals surface area contributed by atoms with E-state index < -0.39 is 0 Å². The fourth-order valence-corrected chi connectivity index (χ4v) is 3.74. The second kappa shape index (κ2) is 6.94. The fraction of sp³-hybridized carbons (Fsp3) is 0.350. The van der Waals surface area contributed by atoms with E-state index in [1.165, 1.54) is 6.92 Å². The van der Waals surface area contributed by atoms with Crippen molar-refractivity contribution in [2.24, 2.45) is 0 Å². The van der Waals surface area contributed by atoms with E-state index in [-0.39, 0.29) is 22.8 Å². The van der Waals surface area contributed by atoms with Crippen molar-refractivity contribution in [1.82, 2.24) is 14.8 Å². The summed E-state index contributed by atoms with van der Waals surface area (Å²) in [5.41, 5.74) is 1.62. The van der Waals surface area contributed by atoms with Crippen molar-refractivity contribution in [3.63, 3.8) is 0 Å². The number of esters is 1. The van der Waals surface area contributed by atoms with Crippen molar-refractivity contribution < 1.29 is 14.3 Å². The summed E-state index contributed by atoms with van der Waals surface area (Å²) in [6.45, 7) is 4.08. The highest BCUT2D eigenvalue weighted by molar-refractivity contribution is 6.30. The van der Waals surface area contributed by atoms with Crippen molar-refractivity contribution in [3.05, 3.63) is 53.3 Å². The molecular weight excluding hydrogens is 366 g/mol. The molecule has 0 amide bonds. The Morgan fingerprint density at radius 3 is 2.74 bits per heavy atom. The Morgan fingerprint density at radius 2 is 2.04 bits per heavy atom. The topological polar surface area (TPSA) is 66.2 Å². The smallest absolute Gasteiger partial charge is 0.308 e. The van der Waals surface area contributed by atoms with Crippen LogP contribution in [0.25, 0.3) is 11.0 Å². The molecule has 1 aromatic carbocycles. The van der Waals surface area contributed by atoms with E-state index in [1.54, 1.807) is 12.3 Å². The summed E-state index contributed by atoms with van der Waals surface area (Å²) >= 11 is 5.97. The van der Waals surface area contributed by atoms with E-state index >= 15 is 0 Å². The highest BCUT2D eigenvalue weighted by atomic mass is 35.5. The van der Waals surface area contributed by atoms with Crippen LogP contribution < -0.4 is 4.74 Å². The molecule has 3 aromatic rings. The largest absolute Gasteiger partial charge is 0.424 e. The number of halogens is 1. The summed E-state index contributed by atoms with van der Waals surface area (Å²) in [7, 11) is 0. The molecule has 0 N–H and O–H groups in total. The molecule has 140 valence electrons.